The highest BCUT2D eigenvalue weighted by Gasteiger charge is 2.14. The molecule has 1 unspecified atom stereocenters. The molecule has 3 aromatic rings. The van der Waals surface area contributed by atoms with Crippen LogP contribution < -0.4 is 5.32 Å². The molecule has 0 radical (unpaired) electrons. The number of aromatic nitrogens is 2. The number of amides is 1. The molecule has 0 aliphatic carbocycles. The predicted molar refractivity (Wildman–Crippen MR) is 104 cm³/mol. The third kappa shape index (κ3) is 4.58. The smallest absolute Gasteiger partial charge is 0.251 e. The van der Waals surface area contributed by atoms with Crippen LogP contribution in [0.4, 0.5) is 0 Å². The number of nitrogens with zero attached hydrogens (tertiary/aromatic N) is 3. The highest BCUT2D eigenvalue weighted by atomic mass is 16.1. The van der Waals surface area contributed by atoms with Gasteiger partial charge < -0.3 is 14.8 Å². The molecule has 0 bridgehead atoms. The number of rotatable bonds is 7. The van der Waals surface area contributed by atoms with Crippen molar-refractivity contribution < 1.29 is 4.79 Å². The number of carbonyl (C=O) groups is 1. The summed E-state index contributed by atoms with van der Waals surface area (Å²) < 4.78 is 1.91. The van der Waals surface area contributed by atoms with Crippen molar-refractivity contribution in [3.8, 4) is 5.69 Å². The molecule has 0 spiro atoms. The van der Waals surface area contributed by atoms with Crippen molar-refractivity contribution in [1.29, 1.82) is 0 Å². The van der Waals surface area contributed by atoms with Crippen LogP contribution in [0.15, 0.2) is 73.3 Å². The average molecular weight is 348 g/mol. The maximum absolute atomic E-state index is 12.5. The first-order valence-corrected chi connectivity index (χ1v) is 8.70. The van der Waals surface area contributed by atoms with Crippen LogP contribution in [-0.4, -0.2) is 47.0 Å². The van der Waals surface area contributed by atoms with E-state index in [0.717, 1.165) is 12.1 Å². The summed E-state index contributed by atoms with van der Waals surface area (Å²) in [5.41, 5.74) is 2.91. The monoisotopic (exact) mass is 348 g/mol. The van der Waals surface area contributed by atoms with Gasteiger partial charge in [0.05, 0.1) is 6.33 Å². The van der Waals surface area contributed by atoms with Crippen LogP contribution in [0, 0.1) is 0 Å². The summed E-state index contributed by atoms with van der Waals surface area (Å²) >= 11 is 0. The highest BCUT2D eigenvalue weighted by Crippen LogP contribution is 2.10. The molecule has 1 atom stereocenters. The molecule has 1 heterocycles. The molecule has 2 aromatic carbocycles. The van der Waals surface area contributed by atoms with E-state index >= 15 is 0 Å². The molecule has 26 heavy (non-hydrogen) atoms. The van der Waals surface area contributed by atoms with Gasteiger partial charge in [-0.1, -0.05) is 30.3 Å². The lowest BCUT2D eigenvalue weighted by atomic mass is 10.0. The first-order valence-electron chi connectivity index (χ1n) is 8.70. The number of benzene rings is 2. The van der Waals surface area contributed by atoms with E-state index in [0.29, 0.717) is 12.1 Å². The summed E-state index contributed by atoms with van der Waals surface area (Å²) in [6, 6.07) is 18.1. The molecule has 3 rings (SSSR count). The lowest BCUT2D eigenvalue weighted by Gasteiger charge is -2.24. The predicted octanol–water partition coefficient (Wildman–Crippen LogP) is 2.78. The lowest BCUT2D eigenvalue weighted by molar-refractivity contribution is 0.0941. The Hall–Kier alpha value is -2.92. The second-order valence-electron chi connectivity index (χ2n) is 6.53. The zero-order valence-electron chi connectivity index (χ0n) is 15.2. The van der Waals surface area contributed by atoms with Gasteiger partial charge in [0, 0.05) is 36.2 Å². The molecule has 1 N–H and O–H groups in total. The fraction of sp³-hybridized carbons (Fsp3) is 0.238. The van der Waals surface area contributed by atoms with Crippen LogP contribution in [0.25, 0.3) is 5.69 Å². The van der Waals surface area contributed by atoms with E-state index < -0.39 is 0 Å². The van der Waals surface area contributed by atoms with Gasteiger partial charge in [0.2, 0.25) is 0 Å². The molecule has 5 heteroatoms. The van der Waals surface area contributed by atoms with Gasteiger partial charge in [-0.3, -0.25) is 4.79 Å². The summed E-state index contributed by atoms with van der Waals surface area (Å²) in [6.07, 6.45) is 6.24. The number of nitrogens with one attached hydrogen (secondary N) is 1. The Kier molecular flexibility index (Phi) is 5.81. The zero-order chi connectivity index (χ0) is 18.4. The Labute approximate surface area is 154 Å². The summed E-state index contributed by atoms with van der Waals surface area (Å²) in [5, 5.41) is 3.06. The van der Waals surface area contributed by atoms with E-state index in [2.05, 4.69) is 27.3 Å². The summed E-state index contributed by atoms with van der Waals surface area (Å²) in [5.74, 6) is -0.0536. The van der Waals surface area contributed by atoms with Gasteiger partial charge >= 0.3 is 0 Å². The van der Waals surface area contributed by atoms with Crippen LogP contribution >= 0.6 is 0 Å². The van der Waals surface area contributed by atoms with Crippen molar-refractivity contribution in [2.75, 3.05) is 20.6 Å². The molecule has 134 valence electrons. The maximum Gasteiger partial charge on any atom is 0.251 e. The first kappa shape index (κ1) is 17.9. The Morgan fingerprint density at radius 3 is 2.46 bits per heavy atom. The van der Waals surface area contributed by atoms with Gasteiger partial charge in [-0.2, -0.15) is 0 Å². The molecule has 0 fully saturated rings. The molecule has 5 nitrogen and oxygen atoms in total. The van der Waals surface area contributed by atoms with Crippen molar-refractivity contribution in [3.63, 3.8) is 0 Å². The maximum atomic E-state index is 12.5. The minimum atomic E-state index is -0.0536. The largest absolute Gasteiger partial charge is 0.350 e. The SMILES string of the molecule is CN(C)C(CNC(=O)c1ccc(-n2ccnc2)cc1)Cc1ccccc1. The second-order valence-corrected chi connectivity index (χ2v) is 6.53. The van der Waals surface area contributed by atoms with Crippen LogP contribution in [0.3, 0.4) is 0 Å². The van der Waals surface area contributed by atoms with Gasteiger partial charge in [-0.05, 0) is 50.3 Å². The van der Waals surface area contributed by atoms with E-state index in [1.807, 2.05) is 67.3 Å². The van der Waals surface area contributed by atoms with Crippen molar-refractivity contribution in [2.45, 2.75) is 12.5 Å². The third-order valence-corrected chi connectivity index (χ3v) is 4.47. The summed E-state index contributed by atoms with van der Waals surface area (Å²) in [4.78, 5) is 18.7. The van der Waals surface area contributed by atoms with Crippen molar-refractivity contribution in [3.05, 3.63) is 84.4 Å². The molecule has 0 aliphatic rings. The van der Waals surface area contributed by atoms with Crippen LogP contribution in [0.2, 0.25) is 0 Å². The summed E-state index contributed by atoms with van der Waals surface area (Å²) in [7, 11) is 4.08. The van der Waals surface area contributed by atoms with Gasteiger partial charge in [-0.25, -0.2) is 4.98 Å². The first-order chi connectivity index (χ1) is 12.6. The molecule has 0 saturated carbocycles. The minimum Gasteiger partial charge on any atom is -0.350 e. The molecule has 0 saturated heterocycles. The average Bonchev–Trinajstić information content (AvgIpc) is 3.20. The van der Waals surface area contributed by atoms with E-state index in [4.69, 9.17) is 0 Å². The number of hydrogen-bond acceptors (Lipinski definition) is 3. The summed E-state index contributed by atoms with van der Waals surface area (Å²) in [6.45, 7) is 0.601. The minimum absolute atomic E-state index is 0.0536. The number of hydrogen-bond donors (Lipinski definition) is 1. The second kappa shape index (κ2) is 8.45. The third-order valence-electron chi connectivity index (χ3n) is 4.47. The van der Waals surface area contributed by atoms with E-state index in [1.54, 1.807) is 12.5 Å². The van der Waals surface area contributed by atoms with Crippen molar-refractivity contribution >= 4 is 5.91 Å². The Morgan fingerprint density at radius 1 is 1.12 bits per heavy atom. The Bertz CT molecular complexity index is 811. The van der Waals surface area contributed by atoms with Gasteiger partial charge in [0.1, 0.15) is 0 Å². The van der Waals surface area contributed by atoms with E-state index in [9.17, 15) is 4.79 Å². The molecular formula is C21H24N4O. The Morgan fingerprint density at radius 2 is 1.85 bits per heavy atom. The van der Waals surface area contributed by atoms with Crippen molar-refractivity contribution in [1.82, 2.24) is 19.8 Å². The highest BCUT2D eigenvalue weighted by molar-refractivity contribution is 5.94. The number of imidazole rings is 1. The fourth-order valence-corrected chi connectivity index (χ4v) is 2.83. The van der Waals surface area contributed by atoms with E-state index in [1.165, 1.54) is 5.56 Å². The molecule has 0 aliphatic heterocycles. The standard InChI is InChI=1S/C21H24N4O/c1-24(2)20(14-17-6-4-3-5-7-17)15-23-21(26)18-8-10-19(11-9-18)25-13-12-22-16-25/h3-13,16,20H,14-15H2,1-2H3,(H,23,26). The molecule has 1 aromatic heterocycles. The lowest BCUT2D eigenvalue weighted by Crippen LogP contribution is -2.41. The van der Waals surface area contributed by atoms with Crippen LogP contribution in [0.5, 0.6) is 0 Å². The number of carbonyl (C=O) groups excluding carboxylic acids is 1. The van der Waals surface area contributed by atoms with Gasteiger partial charge in [0.25, 0.3) is 5.91 Å². The van der Waals surface area contributed by atoms with Gasteiger partial charge in [-0.15, -0.1) is 0 Å². The molecule has 1 amide bonds. The Balaban J connectivity index is 1.59. The van der Waals surface area contributed by atoms with Crippen LogP contribution in [-0.2, 0) is 6.42 Å². The fourth-order valence-electron chi connectivity index (χ4n) is 2.83. The van der Waals surface area contributed by atoms with Crippen LogP contribution in [0.1, 0.15) is 15.9 Å². The topological polar surface area (TPSA) is 50.2 Å². The van der Waals surface area contributed by atoms with Crippen molar-refractivity contribution in [2.24, 2.45) is 0 Å². The molecular weight excluding hydrogens is 324 g/mol. The zero-order valence-corrected chi connectivity index (χ0v) is 15.2. The quantitative estimate of drug-likeness (QED) is 0.714. The van der Waals surface area contributed by atoms with E-state index in [-0.39, 0.29) is 11.9 Å². The normalized spacial score (nSPS) is 12.1. The van der Waals surface area contributed by atoms with Gasteiger partial charge in [0.15, 0.2) is 0 Å². The number of likely N-dealkylation sites (N-methyl/N-ethyl adjacent to an activating group) is 1.